The van der Waals surface area contributed by atoms with Crippen molar-refractivity contribution in [3.63, 3.8) is 0 Å². The van der Waals surface area contributed by atoms with Crippen molar-refractivity contribution in [3.05, 3.63) is 22.7 Å². The van der Waals surface area contributed by atoms with Gasteiger partial charge >= 0.3 is 5.69 Å². The van der Waals surface area contributed by atoms with Crippen molar-refractivity contribution in [1.82, 2.24) is 9.55 Å². The van der Waals surface area contributed by atoms with Gasteiger partial charge in [-0.05, 0) is 6.07 Å². The second-order valence-corrected chi connectivity index (χ2v) is 5.00. The van der Waals surface area contributed by atoms with Crippen LogP contribution < -0.4 is 11.4 Å². The number of nitrogens with two attached hydrogens (primary N) is 1. The van der Waals surface area contributed by atoms with Crippen molar-refractivity contribution in [2.45, 2.75) is 17.1 Å². The summed E-state index contributed by atoms with van der Waals surface area (Å²) in [5, 5.41) is 18.6. The minimum Gasteiger partial charge on any atom is -0.395 e. The standard InChI is InChI=1S/C9H12FN3O3S/c10-5-4-17-6(3-14)9(5,16)13-2-1-7(11)12-8(13)15/h1-2,5-6,14,16H,3-4H2,(H2,11,12,15)/t5-,6-,9+/m0/s1. The normalized spacial score (nSPS) is 32.9. The molecule has 0 saturated carbocycles. The van der Waals surface area contributed by atoms with Crippen LogP contribution in [0.1, 0.15) is 0 Å². The predicted octanol–water partition coefficient (Wildman–Crippen LogP) is -1.08. The van der Waals surface area contributed by atoms with E-state index in [0.29, 0.717) is 0 Å². The highest BCUT2D eigenvalue weighted by Crippen LogP contribution is 2.40. The Balaban J connectivity index is 2.53. The number of aliphatic hydroxyl groups excluding tert-OH is 1. The minimum atomic E-state index is -2.07. The maximum Gasteiger partial charge on any atom is 0.351 e. The fourth-order valence-electron chi connectivity index (χ4n) is 1.83. The van der Waals surface area contributed by atoms with Crippen molar-refractivity contribution >= 4 is 17.6 Å². The molecule has 1 fully saturated rings. The fraction of sp³-hybridized carbons (Fsp3) is 0.556. The Bertz CT molecular complexity index is 483. The number of nitrogen functional groups attached to an aromatic ring is 1. The molecule has 0 radical (unpaired) electrons. The van der Waals surface area contributed by atoms with E-state index in [1.807, 2.05) is 0 Å². The number of nitrogens with zero attached hydrogens (tertiary/aromatic N) is 2. The summed E-state index contributed by atoms with van der Waals surface area (Å²) < 4.78 is 14.6. The minimum absolute atomic E-state index is 0.00328. The van der Waals surface area contributed by atoms with Crippen LogP contribution in [0.25, 0.3) is 0 Å². The number of hydrogen-bond donors (Lipinski definition) is 3. The topological polar surface area (TPSA) is 101 Å². The molecule has 3 atom stereocenters. The Kier molecular flexibility index (Phi) is 3.11. The summed E-state index contributed by atoms with van der Waals surface area (Å²) in [4.78, 5) is 15.0. The average molecular weight is 261 g/mol. The number of alkyl halides is 1. The van der Waals surface area contributed by atoms with Gasteiger partial charge in [-0.15, -0.1) is 11.8 Å². The van der Waals surface area contributed by atoms with E-state index in [1.54, 1.807) is 0 Å². The van der Waals surface area contributed by atoms with Crippen molar-refractivity contribution in [3.8, 4) is 0 Å². The summed E-state index contributed by atoms with van der Waals surface area (Å²) in [7, 11) is 0. The first kappa shape index (κ1) is 12.3. The number of hydrogen-bond acceptors (Lipinski definition) is 6. The number of anilines is 1. The highest BCUT2D eigenvalue weighted by molar-refractivity contribution is 8.00. The second-order valence-electron chi connectivity index (χ2n) is 3.76. The first-order chi connectivity index (χ1) is 8.00. The molecule has 6 nitrogen and oxygen atoms in total. The molecule has 94 valence electrons. The summed E-state index contributed by atoms with van der Waals surface area (Å²) in [5.74, 6) is 0.00916. The predicted molar refractivity (Wildman–Crippen MR) is 61.3 cm³/mol. The zero-order chi connectivity index (χ0) is 12.6. The largest absolute Gasteiger partial charge is 0.395 e. The molecule has 0 spiro atoms. The van der Waals surface area contributed by atoms with Crippen LogP contribution in [-0.2, 0) is 5.72 Å². The van der Waals surface area contributed by atoms with E-state index in [1.165, 1.54) is 12.3 Å². The molecule has 0 aliphatic carbocycles. The summed E-state index contributed by atoms with van der Waals surface area (Å²) in [5.41, 5.74) is 2.41. The lowest BCUT2D eigenvalue weighted by Crippen LogP contribution is -2.53. The van der Waals surface area contributed by atoms with Gasteiger partial charge < -0.3 is 15.9 Å². The Morgan fingerprint density at radius 1 is 1.76 bits per heavy atom. The molecule has 1 aliphatic rings. The molecule has 1 saturated heterocycles. The quantitative estimate of drug-likeness (QED) is 0.626. The van der Waals surface area contributed by atoms with Gasteiger partial charge in [0.05, 0.1) is 11.9 Å². The Hall–Kier alpha value is -1.12. The molecule has 4 N–H and O–H groups in total. The smallest absolute Gasteiger partial charge is 0.351 e. The van der Waals surface area contributed by atoms with Gasteiger partial charge in [-0.25, -0.2) is 9.18 Å². The van der Waals surface area contributed by atoms with Crippen molar-refractivity contribution in [1.29, 1.82) is 0 Å². The summed E-state index contributed by atoms with van der Waals surface area (Å²) >= 11 is 1.07. The molecule has 8 heteroatoms. The van der Waals surface area contributed by atoms with E-state index >= 15 is 0 Å². The van der Waals surface area contributed by atoms with Gasteiger partial charge in [-0.1, -0.05) is 0 Å². The summed E-state index contributed by atoms with van der Waals surface area (Å²) in [6.45, 7) is -0.432. The highest BCUT2D eigenvalue weighted by atomic mass is 32.2. The van der Waals surface area contributed by atoms with Crippen LogP contribution in [0.5, 0.6) is 0 Å². The third-order valence-corrected chi connectivity index (χ3v) is 4.14. The van der Waals surface area contributed by atoms with Gasteiger partial charge in [0.15, 0.2) is 11.9 Å². The Labute approximate surface area is 100 Å². The highest BCUT2D eigenvalue weighted by Gasteiger charge is 2.52. The molecule has 2 rings (SSSR count). The molecule has 1 aromatic heterocycles. The Morgan fingerprint density at radius 3 is 3.06 bits per heavy atom. The lowest BCUT2D eigenvalue weighted by molar-refractivity contribution is -0.0989. The second kappa shape index (κ2) is 4.28. The van der Waals surface area contributed by atoms with Crippen LogP contribution in [0, 0.1) is 0 Å². The molecule has 17 heavy (non-hydrogen) atoms. The zero-order valence-electron chi connectivity index (χ0n) is 8.78. The van der Waals surface area contributed by atoms with Crippen LogP contribution >= 0.6 is 11.8 Å². The summed E-state index contributed by atoms with van der Waals surface area (Å²) in [6.07, 6.45) is -0.459. The molecule has 1 aliphatic heterocycles. The van der Waals surface area contributed by atoms with Gasteiger partial charge in [0.2, 0.25) is 0 Å². The lowest BCUT2D eigenvalue weighted by Gasteiger charge is -2.31. The van der Waals surface area contributed by atoms with Crippen molar-refractivity contribution in [2.24, 2.45) is 0 Å². The van der Waals surface area contributed by atoms with Gasteiger partial charge in [0, 0.05) is 11.9 Å². The lowest BCUT2D eigenvalue weighted by atomic mass is 10.1. The molecule has 0 unspecified atom stereocenters. The monoisotopic (exact) mass is 261 g/mol. The zero-order valence-corrected chi connectivity index (χ0v) is 9.60. The number of aliphatic hydroxyl groups is 2. The van der Waals surface area contributed by atoms with Gasteiger partial charge in [-0.3, -0.25) is 4.57 Å². The molecule has 2 heterocycles. The van der Waals surface area contributed by atoms with Crippen molar-refractivity contribution < 1.29 is 14.6 Å². The third kappa shape index (κ3) is 1.81. The SMILES string of the molecule is Nc1ccn([C@]2(O)[C@H](CO)SC[C@@H]2F)c(=O)n1. The van der Waals surface area contributed by atoms with E-state index in [4.69, 9.17) is 10.8 Å². The third-order valence-electron chi connectivity index (χ3n) is 2.76. The van der Waals surface area contributed by atoms with Gasteiger partial charge in [0.25, 0.3) is 0 Å². The molecule has 0 bridgehead atoms. The van der Waals surface area contributed by atoms with Crippen LogP contribution in [0.3, 0.4) is 0 Å². The van der Waals surface area contributed by atoms with E-state index in [2.05, 4.69) is 4.98 Å². The Morgan fingerprint density at radius 2 is 2.47 bits per heavy atom. The number of halogens is 1. The average Bonchev–Trinajstić information content (AvgIpc) is 2.56. The molecule has 1 aromatic rings. The van der Waals surface area contributed by atoms with E-state index in [9.17, 15) is 14.3 Å². The van der Waals surface area contributed by atoms with Crippen molar-refractivity contribution in [2.75, 3.05) is 18.1 Å². The maximum atomic E-state index is 13.8. The van der Waals surface area contributed by atoms with Gasteiger partial charge in [-0.2, -0.15) is 4.98 Å². The van der Waals surface area contributed by atoms with Crippen LogP contribution in [0.2, 0.25) is 0 Å². The molecule has 0 amide bonds. The van der Waals surface area contributed by atoms with E-state index in [-0.39, 0.29) is 11.6 Å². The van der Waals surface area contributed by atoms with E-state index in [0.717, 1.165) is 16.3 Å². The van der Waals surface area contributed by atoms with Crippen LogP contribution in [-0.4, -0.2) is 43.5 Å². The summed E-state index contributed by atoms with van der Waals surface area (Å²) in [6, 6.07) is 1.30. The molecular weight excluding hydrogens is 249 g/mol. The number of aromatic nitrogens is 2. The molecular formula is C9H12FN3O3S. The molecule has 0 aromatic carbocycles. The number of thioether (sulfide) groups is 1. The first-order valence-electron chi connectivity index (χ1n) is 4.94. The maximum absolute atomic E-state index is 13.8. The first-order valence-corrected chi connectivity index (χ1v) is 5.99. The van der Waals surface area contributed by atoms with Crippen LogP contribution in [0.15, 0.2) is 17.1 Å². The van der Waals surface area contributed by atoms with Crippen LogP contribution in [0.4, 0.5) is 10.2 Å². The fourth-order valence-corrected chi connectivity index (χ4v) is 3.09. The van der Waals surface area contributed by atoms with Gasteiger partial charge in [0.1, 0.15) is 5.82 Å². The van der Waals surface area contributed by atoms with E-state index < -0.39 is 29.4 Å². The number of rotatable bonds is 2.